The molecule has 7 nitrogen and oxygen atoms in total. The molecule has 0 atom stereocenters. The van der Waals surface area contributed by atoms with E-state index in [1.165, 1.54) is 21.0 Å². The first-order valence-corrected chi connectivity index (χ1v) is 6.99. The molecule has 0 radical (unpaired) electrons. The summed E-state index contributed by atoms with van der Waals surface area (Å²) in [5.74, 6) is -2.13. The third kappa shape index (κ3) is 3.87. The number of rotatable bonds is 7. The van der Waals surface area contributed by atoms with E-state index in [9.17, 15) is 19.2 Å². The van der Waals surface area contributed by atoms with Crippen LogP contribution in [-0.2, 0) is 9.59 Å². The zero-order chi connectivity index (χ0) is 17.9. The molecule has 124 valence electrons. The van der Waals surface area contributed by atoms with Crippen molar-refractivity contribution in [2.45, 2.75) is 26.7 Å². The van der Waals surface area contributed by atoms with Crippen molar-refractivity contribution in [1.82, 2.24) is 0 Å². The number of ketones is 4. The standard InChI is InChI=1S/C15H17ClN2O5/c1-6(19)4-8(21)10-12(16)13(17)11(9(22)5-7(2)20)15(23-3)14(10)18/h4-5,17-18H2,1-3H3. The first-order valence-electron chi connectivity index (χ1n) is 6.61. The van der Waals surface area contributed by atoms with Gasteiger partial charge in [-0.3, -0.25) is 19.2 Å². The van der Waals surface area contributed by atoms with Crippen molar-refractivity contribution in [2.24, 2.45) is 0 Å². The molecule has 0 aliphatic rings. The molecule has 1 aromatic carbocycles. The van der Waals surface area contributed by atoms with Crippen molar-refractivity contribution in [1.29, 1.82) is 0 Å². The molecule has 0 saturated carbocycles. The molecule has 4 N–H and O–H groups in total. The Hall–Kier alpha value is -2.41. The normalized spacial score (nSPS) is 10.3. The first-order chi connectivity index (χ1) is 10.6. The average molecular weight is 341 g/mol. The number of ether oxygens (including phenoxy) is 1. The highest BCUT2D eigenvalue weighted by Crippen LogP contribution is 2.42. The predicted octanol–water partition coefficient (Wildman–Crippen LogP) is 1.84. The molecule has 0 aromatic heterocycles. The summed E-state index contributed by atoms with van der Waals surface area (Å²) in [6.07, 6.45) is -0.815. The molecule has 0 aliphatic heterocycles. The molecule has 1 aromatic rings. The fourth-order valence-electron chi connectivity index (χ4n) is 2.12. The van der Waals surface area contributed by atoms with Gasteiger partial charge >= 0.3 is 0 Å². The second-order valence-electron chi connectivity index (χ2n) is 5.03. The number of nitrogens with two attached hydrogens (primary N) is 2. The third-order valence-corrected chi connectivity index (χ3v) is 3.44. The summed E-state index contributed by atoms with van der Waals surface area (Å²) < 4.78 is 5.08. The molecule has 23 heavy (non-hydrogen) atoms. The molecule has 0 bridgehead atoms. The Morgan fingerprint density at radius 2 is 1.35 bits per heavy atom. The monoisotopic (exact) mass is 340 g/mol. The van der Waals surface area contributed by atoms with E-state index in [2.05, 4.69) is 0 Å². The largest absolute Gasteiger partial charge is 0.494 e. The number of anilines is 2. The molecule has 0 saturated heterocycles. The summed E-state index contributed by atoms with van der Waals surface area (Å²) in [4.78, 5) is 46.6. The van der Waals surface area contributed by atoms with Gasteiger partial charge in [-0.05, 0) is 13.8 Å². The van der Waals surface area contributed by atoms with Crippen molar-refractivity contribution in [3.63, 3.8) is 0 Å². The van der Waals surface area contributed by atoms with Gasteiger partial charge in [0.25, 0.3) is 0 Å². The fraction of sp³-hybridized carbons (Fsp3) is 0.333. The molecule has 0 fully saturated rings. The van der Waals surface area contributed by atoms with Gasteiger partial charge in [-0.15, -0.1) is 0 Å². The van der Waals surface area contributed by atoms with Crippen molar-refractivity contribution in [3.8, 4) is 5.75 Å². The van der Waals surface area contributed by atoms with Gasteiger partial charge in [0.2, 0.25) is 0 Å². The Bertz CT molecular complexity index is 713. The van der Waals surface area contributed by atoms with E-state index in [0.717, 1.165) is 0 Å². The number of carbonyl (C=O) groups excluding carboxylic acids is 4. The van der Waals surface area contributed by atoms with Gasteiger partial charge in [0.1, 0.15) is 11.6 Å². The van der Waals surface area contributed by atoms with Crippen LogP contribution >= 0.6 is 11.6 Å². The van der Waals surface area contributed by atoms with E-state index in [1.54, 1.807) is 0 Å². The fourth-order valence-corrected chi connectivity index (χ4v) is 2.43. The summed E-state index contributed by atoms with van der Waals surface area (Å²) >= 11 is 6.06. The lowest BCUT2D eigenvalue weighted by atomic mass is 9.96. The van der Waals surface area contributed by atoms with E-state index in [-0.39, 0.29) is 44.8 Å². The molecule has 0 heterocycles. The highest BCUT2D eigenvalue weighted by Gasteiger charge is 2.28. The average Bonchev–Trinajstić information content (AvgIpc) is 2.40. The number of halogens is 1. The topological polar surface area (TPSA) is 130 Å². The van der Waals surface area contributed by atoms with E-state index in [4.69, 9.17) is 27.8 Å². The van der Waals surface area contributed by atoms with Crippen molar-refractivity contribution in [3.05, 3.63) is 16.1 Å². The van der Waals surface area contributed by atoms with E-state index in [1.807, 2.05) is 0 Å². The van der Waals surface area contributed by atoms with E-state index >= 15 is 0 Å². The number of nitrogen functional groups attached to an aromatic ring is 2. The number of benzene rings is 1. The zero-order valence-corrected chi connectivity index (χ0v) is 13.7. The van der Waals surface area contributed by atoms with Crippen molar-refractivity contribution in [2.75, 3.05) is 18.6 Å². The highest BCUT2D eigenvalue weighted by molar-refractivity contribution is 6.39. The summed E-state index contributed by atoms with van der Waals surface area (Å²) in [5, 5.41) is -0.235. The first kappa shape index (κ1) is 18.6. The lowest BCUT2D eigenvalue weighted by Crippen LogP contribution is -2.16. The zero-order valence-electron chi connectivity index (χ0n) is 13.0. The predicted molar refractivity (Wildman–Crippen MR) is 86.1 cm³/mol. The molecule has 0 unspecified atom stereocenters. The van der Waals surface area contributed by atoms with Gasteiger partial charge in [-0.25, -0.2) is 0 Å². The third-order valence-electron chi connectivity index (χ3n) is 3.05. The molecule has 0 aliphatic carbocycles. The van der Waals surface area contributed by atoms with Crippen LogP contribution in [0.15, 0.2) is 0 Å². The van der Waals surface area contributed by atoms with E-state index < -0.39 is 24.4 Å². The van der Waals surface area contributed by atoms with Crippen LogP contribution in [0.5, 0.6) is 5.75 Å². The maximum absolute atomic E-state index is 12.2. The summed E-state index contributed by atoms with van der Waals surface area (Å²) in [7, 11) is 1.24. The Kier molecular flexibility index (Phi) is 5.86. The van der Waals surface area contributed by atoms with E-state index in [0.29, 0.717) is 0 Å². The Balaban J connectivity index is 3.60. The number of methoxy groups -OCH3 is 1. The Morgan fingerprint density at radius 3 is 1.74 bits per heavy atom. The van der Waals surface area contributed by atoms with Crippen LogP contribution in [0, 0.1) is 0 Å². The van der Waals surface area contributed by atoms with Crippen LogP contribution in [0.3, 0.4) is 0 Å². The maximum Gasteiger partial charge on any atom is 0.176 e. The van der Waals surface area contributed by atoms with Gasteiger partial charge in [0.15, 0.2) is 17.3 Å². The molecular formula is C15H17ClN2O5. The number of carbonyl (C=O) groups is 4. The van der Waals surface area contributed by atoms with Gasteiger partial charge < -0.3 is 16.2 Å². The number of hydrogen-bond donors (Lipinski definition) is 2. The van der Waals surface area contributed by atoms with Gasteiger partial charge in [0.05, 0.1) is 47.5 Å². The second kappa shape index (κ2) is 7.23. The molecule has 1 rings (SSSR count). The van der Waals surface area contributed by atoms with Crippen LogP contribution in [0.25, 0.3) is 0 Å². The maximum atomic E-state index is 12.2. The highest BCUT2D eigenvalue weighted by atomic mass is 35.5. The lowest BCUT2D eigenvalue weighted by molar-refractivity contribution is -0.117. The number of hydrogen-bond acceptors (Lipinski definition) is 7. The van der Waals surface area contributed by atoms with Crippen LogP contribution in [0.1, 0.15) is 47.4 Å². The summed E-state index contributed by atoms with van der Waals surface area (Å²) in [6.45, 7) is 2.49. The van der Waals surface area contributed by atoms with Gasteiger partial charge in [-0.2, -0.15) is 0 Å². The van der Waals surface area contributed by atoms with Crippen molar-refractivity contribution >= 4 is 46.1 Å². The Morgan fingerprint density at radius 1 is 0.913 bits per heavy atom. The van der Waals surface area contributed by atoms with Crippen LogP contribution in [0.4, 0.5) is 11.4 Å². The SMILES string of the molecule is COc1c(N)c(C(=O)CC(C)=O)c(Cl)c(N)c1C(=O)CC(C)=O. The molecule has 0 spiro atoms. The lowest BCUT2D eigenvalue weighted by Gasteiger charge is -2.18. The minimum Gasteiger partial charge on any atom is -0.494 e. The molecule has 8 heteroatoms. The van der Waals surface area contributed by atoms with Crippen LogP contribution in [0.2, 0.25) is 5.02 Å². The quantitative estimate of drug-likeness (QED) is 0.440. The molecular weight excluding hydrogens is 324 g/mol. The smallest absolute Gasteiger partial charge is 0.176 e. The Labute approximate surface area is 137 Å². The second-order valence-corrected chi connectivity index (χ2v) is 5.41. The molecule has 0 amide bonds. The summed E-state index contributed by atoms with van der Waals surface area (Å²) in [6, 6.07) is 0. The van der Waals surface area contributed by atoms with Crippen molar-refractivity contribution < 1.29 is 23.9 Å². The van der Waals surface area contributed by atoms with Crippen LogP contribution in [-0.4, -0.2) is 30.2 Å². The summed E-state index contributed by atoms with van der Waals surface area (Å²) in [5.41, 5.74) is 11.0. The number of Topliss-reactive ketones (excluding diaryl/α,β-unsaturated/α-hetero) is 4. The minimum atomic E-state index is -0.629. The van der Waals surface area contributed by atoms with Gasteiger partial charge in [0, 0.05) is 0 Å². The minimum absolute atomic E-state index is 0.134. The van der Waals surface area contributed by atoms with Gasteiger partial charge in [-0.1, -0.05) is 11.6 Å². The van der Waals surface area contributed by atoms with Crippen LogP contribution < -0.4 is 16.2 Å².